The van der Waals surface area contributed by atoms with E-state index in [2.05, 4.69) is 206 Å². The monoisotopic (exact) mass is 798 g/mol. The van der Waals surface area contributed by atoms with Crippen LogP contribution in [0.4, 0.5) is 0 Å². The van der Waals surface area contributed by atoms with Crippen molar-refractivity contribution in [2.75, 3.05) is 0 Å². The first-order chi connectivity index (χ1) is 31.2. The largest absolute Gasteiger partial charge is 0.456 e. The zero-order valence-electron chi connectivity index (χ0n) is 33.9. The molecule has 12 aromatic rings. The van der Waals surface area contributed by atoms with Crippen LogP contribution in [0.1, 0.15) is 22.3 Å². The van der Waals surface area contributed by atoms with Crippen LogP contribution in [0.15, 0.2) is 211 Å². The molecule has 1 spiro atoms. The zero-order chi connectivity index (χ0) is 41.0. The summed E-state index contributed by atoms with van der Waals surface area (Å²) in [7, 11) is 0. The summed E-state index contributed by atoms with van der Waals surface area (Å²) in [5, 5.41) is 9.50. The molecule has 0 amide bonds. The molecule has 0 fully saturated rings. The molecule has 3 aliphatic rings. The Morgan fingerprint density at radius 2 is 0.905 bits per heavy atom. The van der Waals surface area contributed by atoms with Gasteiger partial charge in [-0.15, -0.1) is 0 Å². The molecule has 11 aromatic carbocycles. The first-order valence-corrected chi connectivity index (χ1v) is 21.8. The number of hydrogen-bond acceptors (Lipinski definition) is 2. The lowest BCUT2D eigenvalue weighted by atomic mass is 9.61. The van der Waals surface area contributed by atoms with Crippen LogP contribution in [0.2, 0.25) is 0 Å². The van der Waals surface area contributed by atoms with Gasteiger partial charge < -0.3 is 9.15 Å². The van der Waals surface area contributed by atoms with Crippen LogP contribution in [0.3, 0.4) is 0 Å². The van der Waals surface area contributed by atoms with E-state index < -0.39 is 5.41 Å². The van der Waals surface area contributed by atoms with Crippen molar-refractivity contribution in [3.05, 3.63) is 229 Å². The molecule has 63 heavy (non-hydrogen) atoms. The maximum atomic E-state index is 6.81. The highest BCUT2D eigenvalue weighted by Crippen LogP contribution is 2.62. The van der Waals surface area contributed by atoms with Gasteiger partial charge in [-0.1, -0.05) is 170 Å². The van der Waals surface area contributed by atoms with Gasteiger partial charge in [0.25, 0.3) is 0 Å². The van der Waals surface area contributed by atoms with Gasteiger partial charge in [-0.05, 0) is 130 Å². The van der Waals surface area contributed by atoms with E-state index in [0.29, 0.717) is 0 Å². The molecular formula is C61H34O2. The van der Waals surface area contributed by atoms with Crippen LogP contribution in [-0.4, -0.2) is 0 Å². The number of hydrogen-bond donors (Lipinski definition) is 0. The van der Waals surface area contributed by atoms with Gasteiger partial charge in [0, 0.05) is 27.1 Å². The molecule has 0 bridgehead atoms. The third-order valence-corrected chi connectivity index (χ3v) is 14.5. The highest BCUT2D eigenvalue weighted by atomic mass is 16.5. The molecule has 2 aliphatic carbocycles. The van der Waals surface area contributed by atoms with Crippen molar-refractivity contribution < 1.29 is 9.15 Å². The Balaban J connectivity index is 0.930. The van der Waals surface area contributed by atoms with E-state index in [-0.39, 0.29) is 0 Å². The van der Waals surface area contributed by atoms with E-state index >= 15 is 0 Å². The molecule has 2 heteroatoms. The number of benzene rings is 11. The van der Waals surface area contributed by atoms with Crippen LogP contribution in [0, 0.1) is 0 Å². The van der Waals surface area contributed by atoms with Crippen LogP contribution in [0.25, 0.3) is 110 Å². The summed E-state index contributed by atoms with van der Waals surface area (Å²) >= 11 is 0. The summed E-state index contributed by atoms with van der Waals surface area (Å²) in [4.78, 5) is 0. The summed E-state index contributed by atoms with van der Waals surface area (Å²) in [5.41, 5.74) is 18.8. The van der Waals surface area contributed by atoms with Crippen molar-refractivity contribution >= 4 is 54.3 Å². The molecule has 290 valence electrons. The van der Waals surface area contributed by atoms with E-state index in [0.717, 1.165) is 60.9 Å². The summed E-state index contributed by atoms with van der Waals surface area (Å²) in [6.45, 7) is 0. The molecule has 1 unspecified atom stereocenters. The highest BCUT2D eigenvalue weighted by molar-refractivity contribution is 6.19. The summed E-state index contributed by atoms with van der Waals surface area (Å²) in [5.74, 6) is 1.75. The maximum Gasteiger partial charge on any atom is 0.143 e. The van der Waals surface area contributed by atoms with E-state index in [1.807, 2.05) is 0 Å². The van der Waals surface area contributed by atoms with Gasteiger partial charge in [-0.3, -0.25) is 0 Å². The Morgan fingerprint density at radius 3 is 1.79 bits per heavy atom. The van der Waals surface area contributed by atoms with Gasteiger partial charge in [-0.25, -0.2) is 0 Å². The maximum absolute atomic E-state index is 6.81. The predicted molar refractivity (Wildman–Crippen MR) is 259 cm³/mol. The van der Waals surface area contributed by atoms with E-state index in [4.69, 9.17) is 9.15 Å². The van der Waals surface area contributed by atoms with Gasteiger partial charge >= 0.3 is 0 Å². The molecule has 0 N–H and O–H groups in total. The lowest BCUT2D eigenvalue weighted by Gasteiger charge is -2.40. The molecule has 1 aliphatic heterocycles. The van der Waals surface area contributed by atoms with E-state index in [1.54, 1.807) is 0 Å². The Morgan fingerprint density at radius 1 is 0.302 bits per heavy atom. The van der Waals surface area contributed by atoms with Gasteiger partial charge in [0.15, 0.2) is 0 Å². The third kappa shape index (κ3) is 4.23. The topological polar surface area (TPSA) is 22.4 Å². The van der Waals surface area contributed by atoms with E-state index in [9.17, 15) is 0 Å². The van der Waals surface area contributed by atoms with Crippen molar-refractivity contribution in [2.45, 2.75) is 5.41 Å². The zero-order valence-corrected chi connectivity index (χ0v) is 33.9. The van der Waals surface area contributed by atoms with Gasteiger partial charge in [0.2, 0.25) is 0 Å². The van der Waals surface area contributed by atoms with Crippen molar-refractivity contribution in [3.63, 3.8) is 0 Å². The molecule has 2 heterocycles. The fourth-order valence-electron chi connectivity index (χ4n) is 11.9. The molecular weight excluding hydrogens is 765 g/mol. The molecule has 1 aromatic heterocycles. The van der Waals surface area contributed by atoms with Crippen LogP contribution in [0.5, 0.6) is 11.5 Å². The van der Waals surface area contributed by atoms with Crippen molar-refractivity contribution in [1.82, 2.24) is 0 Å². The minimum Gasteiger partial charge on any atom is -0.456 e. The average molecular weight is 799 g/mol. The first-order valence-electron chi connectivity index (χ1n) is 21.8. The number of ether oxygens (including phenoxy) is 1. The second-order valence-electron chi connectivity index (χ2n) is 17.4. The van der Waals surface area contributed by atoms with Crippen LogP contribution in [-0.2, 0) is 5.41 Å². The molecule has 0 radical (unpaired) electrons. The number of fused-ring (bicyclic) bond motifs is 16. The fourth-order valence-corrected chi connectivity index (χ4v) is 11.9. The fraction of sp³-hybridized carbons (Fsp3) is 0.0164. The van der Waals surface area contributed by atoms with Gasteiger partial charge in [-0.2, -0.15) is 0 Å². The Kier molecular flexibility index (Phi) is 6.38. The van der Waals surface area contributed by atoms with Gasteiger partial charge in [0.1, 0.15) is 22.7 Å². The summed E-state index contributed by atoms with van der Waals surface area (Å²) in [6, 6.07) is 76.1. The first kappa shape index (κ1) is 33.5. The average Bonchev–Trinajstić information content (AvgIpc) is 3.87. The highest BCUT2D eigenvalue weighted by Gasteiger charge is 2.50. The number of rotatable bonds is 2. The number of furan rings is 1. The lowest BCUT2D eigenvalue weighted by Crippen LogP contribution is -2.31. The minimum atomic E-state index is -0.479. The molecule has 0 saturated heterocycles. The smallest absolute Gasteiger partial charge is 0.143 e. The molecule has 0 saturated carbocycles. The third-order valence-electron chi connectivity index (χ3n) is 14.5. The second-order valence-corrected chi connectivity index (χ2v) is 17.4. The van der Waals surface area contributed by atoms with Crippen molar-refractivity contribution in [3.8, 4) is 67.1 Å². The molecule has 15 rings (SSSR count). The normalized spacial score (nSPS) is 15.2. The summed E-state index contributed by atoms with van der Waals surface area (Å²) < 4.78 is 13.4. The standard InChI is InChI=1S/C61H34O2/c1-2-14-41-35(11-1)25-29-48-58-40(17-10-24-55(58)63-60(41)48)37-27-31-54-49(33-37)47-20-9-19-45-39(30-32-56(62-54)59(45)47)38-26-28-44-42-15-3-5-21-50(42)61(53(44)34-38)51-22-6-4-16-43(51)46-18-7-12-36-13-8-23-52(61)57(36)46/h1-34H. The van der Waals surface area contributed by atoms with Crippen LogP contribution >= 0.6 is 0 Å². The van der Waals surface area contributed by atoms with Crippen molar-refractivity contribution in [1.29, 1.82) is 0 Å². The Labute approximate surface area is 362 Å². The van der Waals surface area contributed by atoms with Crippen molar-refractivity contribution in [2.24, 2.45) is 0 Å². The summed E-state index contributed by atoms with van der Waals surface area (Å²) in [6.07, 6.45) is 0. The minimum absolute atomic E-state index is 0.479. The van der Waals surface area contributed by atoms with Gasteiger partial charge in [0.05, 0.1) is 5.41 Å². The quantitative estimate of drug-likeness (QED) is 0.174. The van der Waals surface area contributed by atoms with E-state index in [1.165, 1.54) is 82.7 Å². The molecule has 1 atom stereocenters. The second kappa shape index (κ2) is 12.0. The molecule has 2 nitrogen and oxygen atoms in total. The Hall–Kier alpha value is -8.20. The Bertz CT molecular complexity index is 4010. The lowest BCUT2D eigenvalue weighted by molar-refractivity contribution is 0.487. The van der Waals surface area contributed by atoms with Crippen LogP contribution < -0.4 is 4.74 Å². The predicted octanol–water partition coefficient (Wildman–Crippen LogP) is 16.5. The SMILES string of the molecule is c1ccc2c(c1)-c1ccc(-c3ccc4c5c(cccc35)-c3cc(-c5cccc6oc7c8ccccc8ccc7c56)ccc3O4)cc1C21c2ccccc2-c2cccc3cccc1c23.